The van der Waals surface area contributed by atoms with Crippen LogP contribution in [0.2, 0.25) is 0 Å². The van der Waals surface area contributed by atoms with Gasteiger partial charge in [0.05, 0.1) is 6.54 Å². The molecule has 35 valence electrons. The molecule has 0 aliphatic carbocycles. The van der Waals surface area contributed by atoms with Crippen LogP contribution in [0.1, 0.15) is 0 Å². The second-order valence-corrected chi connectivity index (χ2v) is 1.07. The van der Waals surface area contributed by atoms with Gasteiger partial charge in [-0.3, -0.25) is 0 Å². The van der Waals surface area contributed by atoms with E-state index in [2.05, 4.69) is 11.1 Å². The lowest BCUT2D eigenvalue weighted by atomic mass is 10.6. The summed E-state index contributed by atoms with van der Waals surface area (Å²) in [4.78, 5) is 4.47. The largest absolute Gasteiger partial charge is 0.366 e. The van der Waals surface area contributed by atoms with E-state index in [-0.39, 0.29) is 0 Å². The third-order valence-electron chi connectivity index (χ3n) is 0.615. The van der Waals surface area contributed by atoms with E-state index >= 15 is 0 Å². The fourth-order valence-corrected chi connectivity index (χ4v) is 0.320. The normalized spacial score (nSPS) is 16.1. The van der Waals surface area contributed by atoms with Crippen LogP contribution in [0, 0.1) is 17.7 Å². The summed E-state index contributed by atoms with van der Waals surface area (Å²) in [6, 6.07) is 0. The predicted octanol–water partition coefficient (Wildman–Crippen LogP) is 0.0316. The number of rotatable bonds is 0. The number of nitriles is 1. The van der Waals surface area contributed by atoms with Crippen LogP contribution in [0.3, 0.4) is 0 Å². The summed E-state index contributed by atoms with van der Waals surface area (Å²) in [5, 5.41) is 9.18. The van der Waals surface area contributed by atoms with Crippen molar-refractivity contribution in [2.45, 2.75) is 0 Å². The highest BCUT2D eigenvalue weighted by atomic mass is 16.7. The number of hydroxylamine groups is 2. The molecule has 0 aromatic carbocycles. The van der Waals surface area contributed by atoms with E-state index in [1.54, 1.807) is 12.3 Å². The van der Waals surface area contributed by atoms with Crippen molar-refractivity contribution >= 4 is 0 Å². The maximum Gasteiger partial charge on any atom is 0.215 e. The Labute approximate surface area is 41.4 Å². The molecule has 0 aromatic rings. The lowest BCUT2D eigenvalue weighted by Crippen LogP contribution is -2.08. The van der Waals surface area contributed by atoms with Crippen molar-refractivity contribution in [2.24, 2.45) is 0 Å². The van der Waals surface area contributed by atoms with E-state index < -0.39 is 0 Å². The summed E-state index contributed by atoms with van der Waals surface area (Å²) < 4.78 is 0. The molecule has 3 nitrogen and oxygen atoms in total. The van der Waals surface area contributed by atoms with Crippen LogP contribution in [-0.4, -0.2) is 11.6 Å². The number of hydrogen-bond donors (Lipinski definition) is 0. The molecule has 0 N–H and O–H groups in total. The van der Waals surface area contributed by atoms with Crippen LogP contribution in [0.15, 0.2) is 6.08 Å². The third kappa shape index (κ3) is 0.631. The van der Waals surface area contributed by atoms with E-state index in [9.17, 15) is 0 Å². The Morgan fingerprint density at radius 3 is 3.14 bits per heavy atom. The molecule has 0 aromatic heterocycles. The predicted molar refractivity (Wildman–Crippen MR) is 21.2 cm³/mol. The molecule has 0 amide bonds. The fraction of sp³-hybridized carbons (Fsp3) is 0.250. The lowest BCUT2D eigenvalue weighted by Gasteiger charge is -2.00. The zero-order chi connectivity index (χ0) is 5.11. The van der Waals surface area contributed by atoms with E-state index in [0.29, 0.717) is 6.54 Å². The standard InChI is InChI=1S/C4H3N2O/c5-4-6-2-1-3-7-6/h1H,2H2. The minimum Gasteiger partial charge on any atom is -0.366 e. The van der Waals surface area contributed by atoms with Crippen molar-refractivity contribution in [1.82, 2.24) is 5.06 Å². The molecule has 0 saturated carbocycles. The maximum absolute atomic E-state index is 8.06. The monoisotopic (exact) mass is 95.0 g/mol. The van der Waals surface area contributed by atoms with Crippen molar-refractivity contribution in [1.29, 1.82) is 5.26 Å². The summed E-state index contributed by atoms with van der Waals surface area (Å²) in [5.41, 5.74) is 0. The molecule has 0 bridgehead atoms. The van der Waals surface area contributed by atoms with Gasteiger partial charge in [0, 0.05) is 0 Å². The van der Waals surface area contributed by atoms with E-state index in [1.165, 1.54) is 0 Å². The molecule has 0 unspecified atom stereocenters. The van der Waals surface area contributed by atoms with Gasteiger partial charge in [0.2, 0.25) is 6.19 Å². The van der Waals surface area contributed by atoms with Crippen molar-refractivity contribution in [3.05, 3.63) is 12.3 Å². The summed E-state index contributed by atoms with van der Waals surface area (Å²) in [5.74, 6) is 0. The highest BCUT2D eigenvalue weighted by Crippen LogP contribution is 1.94. The molecule has 3 heteroatoms. The van der Waals surface area contributed by atoms with Gasteiger partial charge in [-0.2, -0.15) is 5.26 Å². The molecule has 0 fully saturated rings. The fourth-order valence-electron chi connectivity index (χ4n) is 0.320. The lowest BCUT2D eigenvalue weighted by molar-refractivity contribution is -0.0282. The Bertz CT molecular complexity index is 116. The zero-order valence-corrected chi connectivity index (χ0v) is 3.59. The minimum atomic E-state index is 0.524. The van der Waals surface area contributed by atoms with Crippen molar-refractivity contribution in [3.63, 3.8) is 0 Å². The van der Waals surface area contributed by atoms with Gasteiger partial charge in [-0.1, -0.05) is 0 Å². The smallest absolute Gasteiger partial charge is 0.215 e. The third-order valence-corrected chi connectivity index (χ3v) is 0.615. The van der Waals surface area contributed by atoms with Gasteiger partial charge in [-0.25, -0.2) is 0 Å². The first kappa shape index (κ1) is 4.00. The molecule has 1 radical (unpaired) electrons. The van der Waals surface area contributed by atoms with Crippen LogP contribution < -0.4 is 0 Å². The molecule has 0 spiro atoms. The number of hydrogen-bond acceptors (Lipinski definition) is 3. The van der Waals surface area contributed by atoms with Crippen LogP contribution in [-0.2, 0) is 4.84 Å². The second-order valence-electron chi connectivity index (χ2n) is 1.07. The first-order valence-corrected chi connectivity index (χ1v) is 1.85. The first-order chi connectivity index (χ1) is 3.43. The van der Waals surface area contributed by atoms with Crippen molar-refractivity contribution in [2.75, 3.05) is 6.54 Å². The summed E-state index contributed by atoms with van der Waals surface area (Å²) in [6.07, 6.45) is 5.82. The maximum atomic E-state index is 8.06. The minimum absolute atomic E-state index is 0.524. The summed E-state index contributed by atoms with van der Waals surface area (Å²) in [6.45, 7) is 0.524. The van der Waals surface area contributed by atoms with Gasteiger partial charge < -0.3 is 4.84 Å². The van der Waals surface area contributed by atoms with Crippen LogP contribution in [0.4, 0.5) is 0 Å². The highest BCUT2D eigenvalue weighted by Gasteiger charge is 2.01. The second kappa shape index (κ2) is 1.52. The topological polar surface area (TPSA) is 36.3 Å². The van der Waals surface area contributed by atoms with Gasteiger partial charge in [-0.05, 0) is 6.08 Å². The van der Waals surface area contributed by atoms with Gasteiger partial charge in [0.1, 0.15) is 0 Å². The average molecular weight is 95.1 g/mol. The van der Waals surface area contributed by atoms with Gasteiger partial charge in [-0.15, -0.1) is 5.06 Å². The molecule has 1 aliphatic heterocycles. The van der Waals surface area contributed by atoms with Crippen LogP contribution >= 0.6 is 0 Å². The quantitative estimate of drug-likeness (QED) is 0.398. The number of nitrogens with zero attached hydrogens (tertiary/aromatic N) is 2. The molecule has 1 heterocycles. The Balaban J connectivity index is 2.39. The van der Waals surface area contributed by atoms with Gasteiger partial charge in [0.25, 0.3) is 0 Å². The van der Waals surface area contributed by atoms with Gasteiger partial charge >= 0.3 is 0 Å². The first-order valence-electron chi connectivity index (χ1n) is 1.85. The summed E-state index contributed by atoms with van der Waals surface area (Å²) >= 11 is 0. The molecule has 0 saturated heterocycles. The Hall–Kier alpha value is -1.17. The van der Waals surface area contributed by atoms with Crippen molar-refractivity contribution < 1.29 is 4.84 Å². The highest BCUT2D eigenvalue weighted by molar-refractivity contribution is 4.81. The average Bonchev–Trinajstić information content (AvgIpc) is 2.14. The van der Waals surface area contributed by atoms with Crippen molar-refractivity contribution in [3.8, 4) is 6.19 Å². The molecule has 7 heavy (non-hydrogen) atoms. The van der Waals surface area contributed by atoms with Crippen LogP contribution in [0.25, 0.3) is 0 Å². The molecule has 1 aliphatic rings. The molecular weight excluding hydrogens is 92.1 g/mol. The van der Waals surface area contributed by atoms with E-state index in [1.807, 2.05) is 0 Å². The molecule has 0 atom stereocenters. The summed E-state index contributed by atoms with van der Waals surface area (Å²) in [7, 11) is 0. The molecular formula is C4H3N2O. The van der Waals surface area contributed by atoms with E-state index in [4.69, 9.17) is 5.26 Å². The Kier molecular flexibility index (Phi) is 0.868. The van der Waals surface area contributed by atoms with E-state index in [0.717, 1.165) is 5.06 Å². The molecule has 1 rings (SSSR count). The Morgan fingerprint density at radius 2 is 2.86 bits per heavy atom. The zero-order valence-electron chi connectivity index (χ0n) is 3.59. The van der Waals surface area contributed by atoms with Gasteiger partial charge in [0.15, 0.2) is 6.26 Å². The SMILES string of the molecule is N#CN1CC=[C]O1. The Morgan fingerprint density at radius 1 is 2.00 bits per heavy atom. The van der Waals surface area contributed by atoms with Crippen LogP contribution in [0.5, 0.6) is 0 Å².